The molecule has 0 spiro atoms. The van der Waals surface area contributed by atoms with Crippen LogP contribution < -0.4 is 16.5 Å². The van der Waals surface area contributed by atoms with Gasteiger partial charge in [-0.05, 0) is 42.3 Å². The molecule has 0 fully saturated rings. The average molecular weight is 385 g/mol. The van der Waals surface area contributed by atoms with Crippen LogP contribution in [0.15, 0.2) is 42.5 Å². The first kappa shape index (κ1) is 22.8. The maximum Gasteiger partial charge on any atom is 0.267 e. The second-order valence-electron chi connectivity index (χ2n) is 5.73. The molecule has 2 aromatic carbocycles. The molecule has 0 bridgehead atoms. The van der Waals surface area contributed by atoms with Gasteiger partial charge in [0, 0.05) is 17.7 Å². The summed E-state index contributed by atoms with van der Waals surface area (Å²) >= 11 is 0. The molecule has 1 atom stereocenters. The SMILES string of the molecule is C.CCc1ccc(C#Cc2ccc(C(=O)N[C@@H](CN)C(=O)NO)cc2F)cc1. The van der Waals surface area contributed by atoms with Crippen molar-refractivity contribution in [2.75, 3.05) is 6.54 Å². The monoisotopic (exact) mass is 385 g/mol. The molecule has 0 radical (unpaired) electrons. The Kier molecular flexibility index (Phi) is 8.82. The van der Waals surface area contributed by atoms with Crippen LogP contribution in [0.1, 0.15) is 41.4 Å². The van der Waals surface area contributed by atoms with Gasteiger partial charge in [0.25, 0.3) is 11.8 Å². The molecule has 148 valence electrons. The number of hydrogen-bond acceptors (Lipinski definition) is 4. The summed E-state index contributed by atoms with van der Waals surface area (Å²) in [7, 11) is 0. The van der Waals surface area contributed by atoms with Gasteiger partial charge in [-0.15, -0.1) is 0 Å². The fourth-order valence-electron chi connectivity index (χ4n) is 2.27. The van der Waals surface area contributed by atoms with E-state index in [2.05, 4.69) is 24.1 Å². The Labute approximate surface area is 163 Å². The lowest BCUT2D eigenvalue weighted by Crippen LogP contribution is -2.50. The summed E-state index contributed by atoms with van der Waals surface area (Å²) in [5.41, 5.74) is 8.87. The average Bonchev–Trinajstić information content (AvgIpc) is 2.70. The highest BCUT2D eigenvalue weighted by Gasteiger charge is 2.19. The molecule has 7 heteroatoms. The van der Waals surface area contributed by atoms with Gasteiger partial charge in [-0.2, -0.15) is 0 Å². The Hall–Kier alpha value is -3.21. The molecule has 5 N–H and O–H groups in total. The van der Waals surface area contributed by atoms with Crippen LogP contribution in [-0.4, -0.2) is 29.6 Å². The van der Waals surface area contributed by atoms with Crippen LogP contribution in [0.4, 0.5) is 4.39 Å². The number of nitrogens with two attached hydrogens (primary N) is 1. The zero-order valence-electron chi connectivity index (χ0n) is 14.8. The van der Waals surface area contributed by atoms with Crippen molar-refractivity contribution in [1.29, 1.82) is 0 Å². The van der Waals surface area contributed by atoms with E-state index in [0.717, 1.165) is 18.1 Å². The van der Waals surface area contributed by atoms with E-state index in [1.807, 2.05) is 24.3 Å². The molecule has 0 aliphatic heterocycles. The van der Waals surface area contributed by atoms with Gasteiger partial charge in [0.2, 0.25) is 0 Å². The van der Waals surface area contributed by atoms with Crippen molar-refractivity contribution in [2.45, 2.75) is 26.8 Å². The third kappa shape index (κ3) is 5.91. The highest BCUT2D eigenvalue weighted by atomic mass is 19.1. The molecule has 0 aromatic heterocycles. The molecule has 0 heterocycles. The highest BCUT2D eigenvalue weighted by Crippen LogP contribution is 2.11. The Morgan fingerprint density at radius 3 is 2.39 bits per heavy atom. The topological polar surface area (TPSA) is 104 Å². The van der Waals surface area contributed by atoms with E-state index in [4.69, 9.17) is 10.9 Å². The lowest BCUT2D eigenvalue weighted by molar-refractivity contribution is -0.130. The molecule has 0 aliphatic carbocycles. The van der Waals surface area contributed by atoms with Gasteiger partial charge in [0.05, 0.1) is 5.56 Å². The number of hydroxylamine groups is 1. The van der Waals surface area contributed by atoms with Gasteiger partial charge >= 0.3 is 0 Å². The van der Waals surface area contributed by atoms with E-state index in [1.165, 1.54) is 23.2 Å². The van der Waals surface area contributed by atoms with Gasteiger partial charge < -0.3 is 11.1 Å². The summed E-state index contributed by atoms with van der Waals surface area (Å²) < 4.78 is 14.2. The van der Waals surface area contributed by atoms with Gasteiger partial charge in [-0.25, -0.2) is 9.87 Å². The summed E-state index contributed by atoms with van der Waals surface area (Å²) in [5.74, 6) is 3.41. The van der Waals surface area contributed by atoms with Crippen LogP contribution in [0.2, 0.25) is 0 Å². The first-order chi connectivity index (χ1) is 13.0. The molecule has 2 amide bonds. The van der Waals surface area contributed by atoms with E-state index >= 15 is 0 Å². The third-order valence-electron chi connectivity index (χ3n) is 3.90. The first-order valence-electron chi connectivity index (χ1n) is 8.33. The second kappa shape index (κ2) is 10.8. The second-order valence-corrected chi connectivity index (χ2v) is 5.73. The molecular weight excluding hydrogens is 361 g/mol. The van der Waals surface area contributed by atoms with Gasteiger partial charge in [-0.3, -0.25) is 14.8 Å². The zero-order valence-corrected chi connectivity index (χ0v) is 14.8. The quantitative estimate of drug-likeness (QED) is 0.359. The predicted octanol–water partition coefficient (Wildman–Crippen LogP) is 1.99. The normalized spacial score (nSPS) is 10.7. The fraction of sp³-hybridized carbons (Fsp3) is 0.238. The standard InChI is InChI=1S/C20H20FN3O3.CH4/c1-2-13-3-5-14(6-4-13)7-8-15-9-10-16(11-17(15)21)19(25)23-18(12-22)20(26)24-27;/h3-6,9-11,18,27H,2,12,22H2,1H3,(H,23,25)(H,24,26);1H4/t18-;/m0./s1. The Morgan fingerprint density at radius 2 is 1.86 bits per heavy atom. The van der Waals surface area contributed by atoms with Gasteiger partial charge in [0.1, 0.15) is 11.9 Å². The van der Waals surface area contributed by atoms with Crippen molar-refractivity contribution in [3.63, 3.8) is 0 Å². The van der Waals surface area contributed by atoms with E-state index in [9.17, 15) is 14.0 Å². The van der Waals surface area contributed by atoms with E-state index in [-0.39, 0.29) is 25.1 Å². The lowest BCUT2D eigenvalue weighted by atomic mass is 10.1. The van der Waals surface area contributed by atoms with Crippen molar-refractivity contribution in [1.82, 2.24) is 10.8 Å². The summed E-state index contributed by atoms with van der Waals surface area (Å²) in [6.07, 6.45) is 0.927. The maximum atomic E-state index is 14.2. The van der Waals surface area contributed by atoms with Crippen molar-refractivity contribution < 1.29 is 19.2 Å². The molecule has 0 unspecified atom stereocenters. The number of amides is 2. The largest absolute Gasteiger partial charge is 0.339 e. The smallest absolute Gasteiger partial charge is 0.267 e. The fourth-order valence-corrected chi connectivity index (χ4v) is 2.27. The minimum absolute atomic E-state index is 0. The van der Waals surface area contributed by atoms with Crippen molar-refractivity contribution in [2.24, 2.45) is 5.73 Å². The molecule has 28 heavy (non-hydrogen) atoms. The van der Waals surface area contributed by atoms with Crippen molar-refractivity contribution in [3.8, 4) is 11.8 Å². The number of halogens is 1. The summed E-state index contributed by atoms with van der Waals surface area (Å²) in [4.78, 5) is 23.4. The zero-order chi connectivity index (χ0) is 19.8. The van der Waals surface area contributed by atoms with Crippen LogP contribution in [-0.2, 0) is 11.2 Å². The Balaban J connectivity index is 0.00000392. The third-order valence-corrected chi connectivity index (χ3v) is 3.90. The van der Waals surface area contributed by atoms with E-state index in [0.29, 0.717) is 0 Å². The Morgan fingerprint density at radius 1 is 1.18 bits per heavy atom. The summed E-state index contributed by atoms with van der Waals surface area (Å²) in [6.45, 7) is 1.83. The van der Waals surface area contributed by atoms with Crippen molar-refractivity contribution in [3.05, 3.63) is 70.5 Å². The number of hydrogen-bond donors (Lipinski definition) is 4. The number of benzene rings is 2. The molecule has 2 rings (SSSR count). The minimum atomic E-state index is -1.13. The van der Waals surface area contributed by atoms with Gasteiger partial charge in [-0.1, -0.05) is 38.3 Å². The van der Waals surface area contributed by atoms with Crippen LogP contribution in [0.25, 0.3) is 0 Å². The minimum Gasteiger partial charge on any atom is -0.339 e. The van der Waals surface area contributed by atoms with E-state index < -0.39 is 23.7 Å². The van der Waals surface area contributed by atoms with Crippen LogP contribution >= 0.6 is 0 Å². The first-order valence-corrected chi connectivity index (χ1v) is 8.33. The summed E-state index contributed by atoms with van der Waals surface area (Å²) in [5, 5.41) is 10.9. The van der Waals surface area contributed by atoms with Crippen LogP contribution in [0, 0.1) is 17.7 Å². The Bertz CT molecular complexity index is 886. The maximum absolute atomic E-state index is 14.2. The summed E-state index contributed by atoms with van der Waals surface area (Å²) in [6, 6.07) is 10.3. The molecule has 2 aromatic rings. The van der Waals surface area contributed by atoms with Gasteiger partial charge in [0.15, 0.2) is 0 Å². The van der Waals surface area contributed by atoms with Crippen LogP contribution in [0.3, 0.4) is 0 Å². The lowest BCUT2D eigenvalue weighted by Gasteiger charge is -2.14. The number of carbonyl (C=O) groups is 2. The van der Waals surface area contributed by atoms with Crippen molar-refractivity contribution >= 4 is 11.8 Å². The van der Waals surface area contributed by atoms with Crippen LogP contribution in [0.5, 0.6) is 0 Å². The predicted molar refractivity (Wildman–Crippen MR) is 105 cm³/mol. The molecule has 6 nitrogen and oxygen atoms in total. The molecule has 0 saturated carbocycles. The number of aryl methyl sites for hydroxylation is 1. The number of nitrogens with one attached hydrogen (secondary N) is 2. The molecule has 0 saturated heterocycles. The molecular formula is C21H24FN3O3. The van der Waals surface area contributed by atoms with E-state index in [1.54, 1.807) is 0 Å². The number of carbonyl (C=O) groups excluding carboxylic acids is 2. The number of rotatable bonds is 5. The highest BCUT2D eigenvalue weighted by molar-refractivity contribution is 5.97. The molecule has 0 aliphatic rings.